The van der Waals surface area contributed by atoms with Crippen LogP contribution in [0.3, 0.4) is 0 Å². The number of hydrogen-bond acceptors (Lipinski definition) is 4. The Bertz CT molecular complexity index is 845. The molecule has 6 nitrogen and oxygen atoms in total. The van der Waals surface area contributed by atoms with Crippen molar-refractivity contribution in [1.82, 2.24) is 4.72 Å². The number of nitrogens with one attached hydrogen (secondary N) is 1. The summed E-state index contributed by atoms with van der Waals surface area (Å²) in [5.41, 5.74) is 0.204. The van der Waals surface area contributed by atoms with E-state index in [4.69, 9.17) is 25.0 Å². The first kappa shape index (κ1) is 22.4. The van der Waals surface area contributed by atoms with Crippen LogP contribution in [0.5, 0.6) is 11.5 Å². The highest BCUT2D eigenvalue weighted by molar-refractivity contribution is 9.09. The molecule has 0 aliphatic heterocycles. The van der Waals surface area contributed by atoms with Gasteiger partial charge in [-0.1, -0.05) is 27.5 Å². The lowest BCUT2D eigenvalue weighted by molar-refractivity contribution is 0.438. The van der Waals surface area contributed by atoms with E-state index >= 15 is 0 Å². The molecule has 1 aromatic heterocycles. The lowest BCUT2D eigenvalue weighted by Crippen LogP contribution is -2.29. The van der Waals surface area contributed by atoms with E-state index in [0.29, 0.717) is 12.2 Å². The lowest BCUT2D eigenvalue weighted by Gasteiger charge is -2.20. The highest BCUT2D eigenvalue weighted by Crippen LogP contribution is 2.50. The zero-order chi connectivity index (χ0) is 20.4. The molecule has 150 valence electrons. The molecule has 0 radical (unpaired) electrons. The molecule has 0 aliphatic carbocycles. The number of furan rings is 1. The summed E-state index contributed by atoms with van der Waals surface area (Å²) in [6, 6.07) is 3.75. The first-order valence-electron chi connectivity index (χ1n) is 7.98. The van der Waals surface area contributed by atoms with Crippen molar-refractivity contribution in [3.8, 4) is 22.8 Å². The van der Waals surface area contributed by atoms with Crippen LogP contribution >= 0.6 is 27.5 Å². The van der Waals surface area contributed by atoms with Gasteiger partial charge in [0.1, 0.15) is 5.82 Å². The quantitative estimate of drug-likeness (QED) is 0.263. The molecule has 11 heteroatoms. The summed E-state index contributed by atoms with van der Waals surface area (Å²) in [4.78, 5) is -0.424. The maximum Gasteiger partial charge on any atom is 0.242 e. The largest absolute Gasteiger partial charge is 0.539 e. The minimum Gasteiger partial charge on any atom is -0.539 e. The molecule has 3 N–H and O–H groups in total. The molecular weight excluding hydrogens is 481 g/mol. The minimum atomic E-state index is -2.13. The van der Waals surface area contributed by atoms with Gasteiger partial charge in [0.05, 0.1) is 9.85 Å². The average Bonchev–Trinajstić information content (AvgIpc) is 2.85. The lowest BCUT2D eigenvalue weighted by atomic mass is 10.1. The van der Waals surface area contributed by atoms with Gasteiger partial charge in [-0.25, -0.2) is 13.3 Å². The van der Waals surface area contributed by atoms with Gasteiger partial charge >= 0.3 is 0 Å². The summed E-state index contributed by atoms with van der Waals surface area (Å²) < 4.78 is 47.4. The van der Waals surface area contributed by atoms with Crippen LogP contribution in [-0.2, 0) is 11.3 Å². The molecule has 0 fully saturated rings. The van der Waals surface area contributed by atoms with Gasteiger partial charge < -0.3 is 13.9 Å². The molecule has 0 saturated heterocycles. The maximum atomic E-state index is 13.7. The van der Waals surface area contributed by atoms with E-state index in [0.717, 1.165) is 0 Å². The SMILES string of the molecule is C[Si](C)(C)Oc1c(C(Br)CCNS(=O)O)oc(-c2cc(F)ccc2Cl)c1O. The molecule has 2 unspecified atom stereocenters. The summed E-state index contributed by atoms with van der Waals surface area (Å²) in [7, 11) is -2.12. The smallest absolute Gasteiger partial charge is 0.242 e. The van der Waals surface area contributed by atoms with Crippen molar-refractivity contribution in [3.05, 3.63) is 34.8 Å². The summed E-state index contributed by atoms with van der Waals surface area (Å²) in [6.45, 7) is 6.04. The Morgan fingerprint density at radius 1 is 1.44 bits per heavy atom. The molecule has 0 amide bonds. The van der Waals surface area contributed by atoms with Crippen molar-refractivity contribution >= 4 is 47.1 Å². The molecule has 2 atom stereocenters. The molecular formula is C16H20BrClFNO5SSi. The predicted octanol–water partition coefficient (Wildman–Crippen LogP) is 5.21. The molecule has 1 heterocycles. The zero-order valence-corrected chi connectivity index (χ0v) is 19.0. The third-order valence-electron chi connectivity index (χ3n) is 3.36. The highest BCUT2D eigenvalue weighted by Gasteiger charge is 2.31. The number of hydrogen-bond donors (Lipinski definition) is 3. The molecule has 2 rings (SSSR count). The van der Waals surface area contributed by atoms with Gasteiger partial charge in [-0.15, -0.1) is 0 Å². The predicted molar refractivity (Wildman–Crippen MR) is 110 cm³/mol. The Balaban J connectivity index is 2.48. The van der Waals surface area contributed by atoms with E-state index in [1.807, 2.05) is 19.6 Å². The molecule has 1 aromatic carbocycles. The Kier molecular flexibility index (Phi) is 7.51. The van der Waals surface area contributed by atoms with Crippen LogP contribution in [0.25, 0.3) is 11.3 Å². The first-order chi connectivity index (χ1) is 12.5. The summed E-state index contributed by atoms with van der Waals surface area (Å²) in [6.07, 6.45) is 0.373. The van der Waals surface area contributed by atoms with Crippen LogP contribution < -0.4 is 9.15 Å². The number of aromatic hydroxyl groups is 1. The Morgan fingerprint density at radius 3 is 2.70 bits per heavy atom. The molecule has 0 saturated carbocycles. The third-order valence-corrected chi connectivity index (χ3v) is 5.83. The number of alkyl halides is 1. The molecule has 2 aromatic rings. The van der Waals surface area contributed by atoms with Gasteiger partial charge in [-0.3, -0.25) is 4.55 Å². The number of benzene rings is 1. The number of halogens is 3. The van der Waals surface area contributed by atoms with Crippen LogP contribution in [0.2, 0.25) is 24.7 Å². The van der Waals surface area contributed by atoms with Crippen LogP contribution in [-0.4, -0.2) is 28.7 Å². The van der Waals surface area contributed by atoms with E-state index in [-0.39, 0.29) is 34.4 Å². The van der Waals surface area contributed by atoms with E-state index < -0.39 is 30.2 Å². The van der Waals surface area contributed by atoms with Gasteiger partial charge in [-0.05, 0) is 44.3 Å². The maximum absolute atomic E-state index is 13.7. The average molecular weight is 501 g/mol. The van der Waals surface area contributed by atoms with Gasteiger partial charge in [-0.2, -0.15) is 0 Å². The Hall–Kier alpha value is -0.913. The van der Waals surface area contributed by atoms with Crippen molar-refractivity contribution < 1.29 is 27.1 Å². The second kappa shape index (κ2) is 9.06. The van der Waals surface area contributed by atoms with Gasteiger partial charge in [0.25, 0.3) is 0 Å². The second-order valence-electron chi connectivity index (χ2n) is 6.71. The number of rotatable bonds is 8. The van der Waals surface area contributed by atoms with Crippen molar-refractivity contribution in [1.29, 1.82) is 0 Å². The van der Waals surface area contributed by atoms with E-state index in [1.54, 1.807) is 0 Å². The molecule has 0 bridgehead atoms. The summed E-state index contributed by atoms with van der Waals surface area (Å²) in [5, 5.41) is 10.9. The van der Waals surface area contributed by atoms with Crippen molar-refractivity contribution in [2.45, 2.75) is 30.9 Å². The van der Waals surface area contributed by atoms with Gasteiger partial charge in [0.15, 0.2) is 17.3 Å². The molecule has 27 heavy (non-hydrogen) atoms. The Morgan fingerprint density at radius 2 is 2.11 bits per heavy atom. The van der Waals surface area contributed by atoms with E-state index in [9.17, 15) is 13.7 Å². The van der Waals surface area contributed by atoms with Gasteiger partial charge in [0.2, 0.25) is 25.3 Å². The van der Waals surface area contributed by atoms with Crippen molar-refractivity contribution in [2.24, 2.45) is 0 Å². The summed E-state index contributed by atoms with van der Waals surface area (Å²) >= 11 is 7.46. The molecule has 0 aliphatic rings. The third kappa shape index (κ3) is 6.03. The first-order valence-corrected chi connectivity index (χ1v) is 13.8. The fourth-order valence-corrected chi connectivity index (χ4v) is 4.13. The second-order valence-corrected chi connectivity index (χ2v) is 13.4. The monoisotopic (exact) mass is 499 g/mol. The van der Waals surface area contributed by atoms with Crippen LogP contribution in [0, 0.1) is 5.82 Å². The zero-order valence-electron chi connectivity index (χ0n) is 14.9. The molecule has 0 spiro atoms. The standard InChI is InChI=1S/C16H20BrClFNO5SSi/c1-27(2,3)25-16-13(21)14(10-8-9(19)4-5-12(10)18)24-15(16)11(17)6-7-20-26(22)23/h4-5,8,11,20-21H,6-7H2,1-3H3,(H,22,23). The van der Waals surface area contributed by atoms with Crippen LogP contribution in [0.4, 0.5) is 4.39 Å². The van der Waals surface area contributed by atoms with E-state index in [1.165, 1.54) is 18.2 Å². The van der Waals surface area contributed by atoms with Crippen LogP contribution in [0.1, 0.15) is 17.0 Å². The minimum absolute atomic E-state index is 0.00546. The fraction of sp³-hybridized carbons (Fsp3) is 0.375. The van der Waals surface area contributed by atoms with E-state index in [2.05, 4.69) is 20.7 Å². The topological polar surface area (TPSA) is 91.9 Å². The van der Waals surface area contributed by atoms with Crippen molar-refractivity contribution in [2.75, 3.05) is 6.54 Å². The normalized spacial score (nSPS) is 14.2. The summed E-state index contributed by atoms with van der Waals surface area (Å²) in [5.74, 6) is -0.314. The van der Waals surface area contributed by atoms with Crippen molar-refractivity contribution in [3.63, 3.8) is 0 Å². The highest BCUT2D eigenvalue weighted by atomic mass is 79.9. The Labute approximate surface area is 173 Å². The fourth-order valence-electron chi connectivity index (χ4n) is 2.29. The van der Waals surface area contributed by atoms with Crippen LogP contribution in [0.15, 0.2) is 22.6 Å². The van der Waals surface area contributed by atoms with Gasteiger partial charge in [0, 0.05) is 12.1 Å².